The Bertz CT molecular complexity index is 79.0. The Morgan fingerprint density at radius 2 is 2.22 bits per heavy atom. The van der Waals surface area contributed by atoms with Gasteiger partial charge in [0.15, 0.2) is 0 Å². The van der Waals surface area contributed by atoms with Gasteiger partial charge in [0, 0.05) is 19.7 Å². The molecular formula is C7H15NO. The minimum atomic E-state index is 0.537. The van der Waals surface area contributed by atoms with Gasteiger partial charge in [0.25, 0.3) is 0 Å². The van der Waals surface area contributed by atoms with Crippen LogP contribution in [-0.4, -0.2) is 37.7 Å². The zero-order valence-corrected chi connectivity index (χ0v) is 6.26. The summed E-state index contributed by atoms with van der Waals surface area (Å²) in [5, 5.41) is 0. The van der Waals surface area contributed by atoms with Gasteiger partial charge >= 0.3 is 0 Å². The average molecular weight is 129 g/mol. The third-order valence-corrected chi connectivity index (χ3v) is 1.59. The summed E-state index contributed by atoms with van der Waals surface area (Å²) in [5.41, 5.74) is 0. The maximum Gasteiger partial charge on any atom is 0.0828 e. The summed E-state index contributed by atoms with van der Waals surface area (Å²) in [5.74, 6) is 0. The number of ether oxygens (including phenoxy) is 1. The molecule has 0 aromatic rings. The van der Waals surface area contributed by atoms with Crippen molar-refractivity contribution in [3.63, 3.8) is 0 Å². The maximum absolute atomic E-state index is 5.46. The average Bonchev–Trinajstić information content (AvgIpc) is 1.78. The van der Waals surface area contributed by atoms with E-state index in [9.17, 15) is 0 Å². The molecule has 0 spiro atoms. The molecule has 1 heterocycles. The molecule has 0 aromatic carbocycles. The molecule has 0 aromatic heterocycles. The molecule has 0 bridgehead atoms. The summed E-state index contributed by atoms with van der Waals surface area (Å²) in [6.07, 6.45) is 1.68. The van der Waals surface area contributed by atoms with Crippen LogP contribution in [0, 0.1) is 0 Å². The third kappa shape index (κ3) is 1.95. The van der Waals surface area contributed by atoms with Crippen LogP contribution >= 0.6 is 0 Å². The van der Waals surface area contributed by atoms with Crippen LogP contribution in [0.5, 0.6) is 0 Å². The molecule has 1 saturated heterocycles. The van der Waals surface area contributed by atoms with E-state index in [-0.39, 0.29) is 0 Å². The lowest BCUT2D eigenvalue weighted by Gasteiger charge is -2.35. The second-order valence-corrected chi connectivity index (χ2v) is 2.71. The second-order valence-electron chi connectivity index (χ2n) is 2.71. The smallest absolute Gasteiger partial charge is 0.0828 e. The molecule has 1 aliphatic rings. The van der Waals surface area contributed by atoms with Crippen molar-refractivity contribution in [2.45, 2.75) is 19.4 Å². The molecule has 0 atom stereocenters. The van der Waals surface area contributed by atoms with Crippen molar-refractivity contribution in [2.75, 3.05) is 26.7 Å². The number of likely N-dealkylation sites (N-methyl/N-ethyl adjacent to an activating group) is 1. The van der Waals surface area contributed by atoms with Gasteiger partial charge in [-0.25, -0.2) is 0 Å². The van der Waals surface area contributed by atoms with Crippen molar-refractivity contribution in [1.82, 2.24) is 4.90 Å². The highest BCUT2D eigenvalue weighted by Crippen LogP contribution is 2.07. The largest absolute Gasteiger partial charge is 0.376 e. The van der Waals surface area contributed by atoms with Gasteiger partial charge in [-0.1, -0.05) is 6.92 Å². The first-order chi connectivity index (χ1) is 4.33. The molecule has 0 N–H and O–H groups in total. The molecule has 1 aliphatic heterocycles. The van der Waals surface area contributed by atoms with Crippen LogP contribution in [0.15, 0.2) is 0 Å². The fourth-order valence-electron chi connectivity index (χ4n) is 1.03. The lowest BCUT2D eigenvalue weighted by molar-refractivity contribution is -0.0427. The monoisotopic (exact) mass is 129 g/mol. The molecule has 0 unspecified atom stereocenters. The lowest BCUT2D eigenvalue weighted by Crippen LogP contribution is -2.49. The van der Waals surface area contributed by atoms with Gasteiger partial charge in [-0.2, -0.15) is 0 Å². The minimum absolute atomic E-state index is 0.537. The Kier molecular flexibility index (Phi) is 2.49. The van der Waals surface area contributed by atoms with E-state index in [1.807, 2.05) is 0 Å². The predicted octanol–water partition coefficient (Wildman–Crippen LogP) is 0.727. The van der Waals surface area contributed by atoms with E-state index in [1.54, 1.807) is 0 Å². The molecule has 0 saturated carbocycles. The molecular weight excluding hydrogens is 114 g/mol. The van der Waals surface area contributed by atoms with Crippen molar-refractivity contribution in [1.29, 1.82) is 0 Å². The van der Waals surface area contributed by atoms with Crippen molar-refractivity contribution in [3.05, 3.63) is 0 Å². The first-order valence-electron chi connectivity index (χ1n) is 3.63. The molecule has 0 radical (unpaired) electrons. The van der Waals surface area contributed by atoms with Gasteiger partial charge in [-0.15, -0.1) is 0 Å². The molecule has 1 rings (SSSR count). The molecule has 2 nitrogen and oxygen atoms in total. The zero-order valence-electron chi connectivity index (χ0n) is 6.26. The standard InChI is InChI=1S/C7H15NO/c1-3-4-9-7-5-8(2)6-7/h7H,3-6H2,1-2H3. The molecule has 2 heteroatoms. The highest BCUT2D eigenvalue weighted by atomic mass is 16.5. The van der Waals surface area contributed by atoms with Crippen molar-refractivity contribution >= 4 is 0 Å². The number of nitrogens with zero attached hydrogens (tertiary/aromatic N) is 1. The minimum Gasteiger partial charge on any atom is -0.376 e. The van der Waals surface area contributed by atoms with Gasteiger partial charge in [-0.05, 0) is 13.5 Å². The van der Waals surface area contributed by atoms with E-state index in [2.05, 4.69) is 18.9 Å². The summed E-state index contributed by atoms with van der Waals surface area (Å²) in [4.78, 5) is 2.26. The Morgan fingerprint density at radius 1 is 1.56 bits per heavy atom. The first-order valence-corrected chi connectivity index (χ1v) is 3.63. The third-order valence-electron chi connectivity index (χ3n) is 1.59. The van der Waals surface area contributed by atoms with E-state index in [0.717, 1.165) is 26.1 Å². The van der Waals surface area contributed by atoms with Crippen LogP contribution < -0.4 is 0 Å². The van der Waals surface area contributed by atoms with Crippen LogP contribution in [0.3, 0.4) is 0 Å². The van der Waals surface area contributed by atoms with Crippen LogP contribution in [-0.2, 0) is 4.74 Å². The summed E-state index contributed by atoms with van der Waals surface area (Å²) < 4.78 is 5.46. The number of likely N-dealkylation sites (tertiary alicyclic amines) is 1. The van der Waals surface area contributed by atoms with Crippen LogP contribution in [0.25, 0.3) is 0 Å². The molecule has 0 aliphatic carbocycles. The van der Waals surface area contributed by atoms with Crippen LogP contribution in [0.4, 0.5) is 0 Å². The maximum atomic E-state index is 5.46. The van der Waals surface area contributed by atoms with E-state index < -0.39 is 0 Å². The molecule has 1 fully saturated rings. The van der Waals surface area contributed by atoms with Gasteiger partial charge in [0.1, 0.15) is 0 Å². The van der Waals surface area contributed by atoms with E-state index in [0.29, 0.717) is 6.10 Å². The van der Waals surface area contributed by atoms with Gasteiger partial charge in [0.2, 0.25) is 0 Å². The normalized spacial score (nSPS) is 22.0. The summed E-state index contributed by atoms with van der Waals surface area (Å²) in [7, 11) is 2.12. The van der Waals surface area contributed by atoms with Gasteiger partial charge < -0.3 is 9.64 Å². The number of rotatable bonds is 3. The van der Waals surface area contributed by atoms with Crippen molar-refractivity contribution < 1.29 is 4.74 Å². The molecule has 9 heavy (non-hydrogen) atoms. The zero-order chi connectivity index (χ0) is 6.69. The SMILES string of the molecule is CCCOC1CN(C)C1. The number of hydrogen-bond acceptors (Lipinski definition) is 2. The first kappa shape index (κ1) is 7.03. The topological polar surface area (TPSA) is 12.5 Å². The second kappa shape index (κ2) is 3.18. The van der Waals surface area contributed by atoms with Crippen LogP contribution in [0.2, 0.25) is 0 Å². The van der Waals surface area contributed by atoms with Crippen molar-refractivity contribution in [2.24, 2.45) is 0 Å². The Balaban J connectivity index is 1.91. The summed E-state index contributed by atoms with van der Waals surface area (Å²) in [6, 6.07) is 0. The fourth-order valence-corrected chi connectivity index (χ4v) is 1.03. The highest BCUT2D eigenvalue weighted by Gasteiger charge is 2.22. The molecule has 0 amide bonds. The van der Waals surface area contributed by atoms with E-state index in [1.165, 1.54) is 0 Å². The Hall–Kier alpha value is -0.0800. The Morgan fingerprint density at radius 3 is 2.67 bits per heavy atom. The Labute approximate surface area is 56.8 Å². The van der Waals surface area contributed by atoms with E-state index in [4.69, 9.17) is 4.74 Å². The van der Waals surface area contributed by atoms with E-state index >= 15 is 0 Å². The lowest BCUT2D eigenvalue weighted by atomic mass is 10.2. The quantitative estimate of drug-likeness (QED) is 0.557. The van der Waals surface area contributed by atoms with Gasteiger partial charge in [0.05, 0.1) is 6.10 Å². The fraction of sp³-hybridized carbons (Fsp3) is 1.00. The van der Waals surface area contributed by atoms with Crippen LogP contribution in [0.1, 0.15) is 13.3 Å². The summed E-state index contributed by atoms with van der Waals surface area (Å²) >= 11 is 0. The van der Waals surface area contributed by atoms with Crippen molar-refractivity contribution in [3.8, 4) is 0 Å². The number of hydrogen-bond donors (Lipinski definition) is 0. The predicted molar refractivity (Wildman–Crippen MR) is 37.5 cm³/mol. The van der Waals surface area contributed by atoms with Gasteiger partial charge in [-0.3, -0.25) is 0 Å². The highest BCUT2D eigenvalue weighted by molar-refractivity contribution is 4.76. The molecule has 54 valence electrons. The summed E-state index contributed by atoms with van der Waals surface area (Å²) in [6.45, 7) is 5.32.